The lowest BCUT2D eigenvalue weighted by Crippen LogP contribution is -2.29. The normalized spacial score (nSPS) is 10.2. The van der Waals surface area contributed by atoms with Gasteiger partial charge in [-0.25, -0.2) is 9.59 Å². The van der Waals surface area contributed by atoms with Crippen molar-refractivity contribution < 1.29 is 14.3 Å². The zero-order valence-electron chi connectivity index (χ0n) is 13.9. The number of unbranched alkanes of at least 4 members (excludes halogenated alkanes) is 1. The molecule has 0 radical (unpaired) electrons. The summed E-state index contributed by atoms with van der Waals surface area (Å²) in [5.41, 5.74) is 1.90. The number of esters is 1. The predicted molar refractivity (Wildman–Crippen MR) is 91.0 cm³/mol. The molecule has 0 spiro atoms. The van der Waals surface area contributed by atoms with E-state index >= 15 is 0 Å². The first-order chi connectivity index (χ1) is 11.6. The molecule has 0 saturated carbocycles. The number of benzene rings is 1. The SMILES string of the molecule is CCCCNC(=O)Nc1cnn(Cc2ccccc2C(=O)OC)c1. The van der Waals surface area contributed by atoms with Crippen molar-refractivity contribution in [3.05, 3.63) is 47.8 Å². The first kappa shape index (κ1) is 17.5. The van der Waals surface area contributed by atoms with Gasteiger partial charge in [0.2, 0.25) is 0 Å². The third-order valence-electron chi connectivity index (χ3n) is 3.46. The Morgan fingerprint density at radius 2 is 2.08 bits per heavy atom. The summed E-state index contributed by atoms with van der Waals surface area (Å²) in [7, 11) is 1.35. The van der Waals surface area contributed by atoms with Crippen molar-refractivity contribution in [2.24, 2.45) is 0 Å². The number of rotatable bonds is 7. The van der Waals surface area contributed by atoms with Gasteiger partial charge in [0.15, 0.2) is 0 Å². The summed E-state index contributed by atoms with van der Waals surface area (Å²) < 4.78 is 6.44. The van der Waals surface area contributed by atoms with E-state index in [1.807, 2.05) is 12.1 Å². The molecule has 0 aliphatic heterocycles. The predicted octanol–water partition coefficient (Wildman–Crippen LogP) is 2.64. The number of ether oxygens (including phenoxy) is 1. The van der Waals surface area contributed by atoms with Gasteiger partial charge in [0, 0.05) is 12.7 Å². The molecule has 0 aliphatic carbocycles. The summed E-state index contributed by atoms with van der Waals surface area (Å²) in [5, 5.41) is 9.71. The molecule has 0 saturated heterocycles. The molecule has 1 aromatic carbocycles. The van der Waals surface area contributed by atoms with E-state index in [0.717, 1.165) is 18.4 Å². The van der Waals surface area contributed by atoms with Crippen LogP contribution in [0.15, 0.2) is 36.7 Å². The van der Waals surface area contributed by atoms with E-state index in [0.29, 0.717) is 24.3 Å². The molecule has 2 amide bonds. The van der Waals surface area contributed by atoms with Crippen molar-refractivity contribution in [1.82, 2.24) is 15.1 Å². The molecule has 1 heterocycles. The van der Waals surface area contributed by atoms with Crippen LogP contribution in [0.4, 0.5) is 10.5 Å². The number of nitrogens with one attached hydrogen (secondary N) is 2. The number of anilines is 1. The van der Waals surface area contributed by atoms with Crippen LogP contribution in [0.3, 0.4) is 0 Å². The van der Waals surface area contributed by atoms with E-state index in [4.69, 9.17) is 4.74 Å². The van der Waals surface area contributed by atoms with Crippen LogP contribution in [0.2, 0.25) is 0 Å². The van der Waals surface area contributed by atoms with Gasteiger partial charge in [0.25, 0.3) is 0 Å². The summed E-state index contributed by atoms with van der Waals surface area (Å²) in [6.07, 6.45) is 5.25. The fraction of sp³-hybridized carbons (Fsp3) is 0.353. The lowest BCUT2D eigenvalue weighted by molar-refractivity contribution is 0.0599. The van der Waals surface area contributed by atoms with Crippen LogP contribution in [0.5, 0.6) is 0 Å². The van der Waals surface area contributed by atoms with Gasteiger partial charge in [-0.2, -0.15) is 5.10 Å². The highest BCUT2D eigenvalue weighted by Crippen LogP contribution is 2.13. The summed E-state index contributed by atoms with van der Waals surface area (Å²) in [6, 6.07) is 6.94. The molecule has 24 heavy (non-hydrogen) atoms. The molecule has 128 valence electrons. The summed E-state index contributed by atoms with van der Waals surface area (Å²) >= 11 is 0. The average molecular weight is 330 g/mol. The fourth-order valence-electron chi connectivity index (χ4n) is 2.21. The number of hydrogen-bond donors (Lipinski definition) is 2. The first-order valence-electron chi connectivity index (χ1n) is 7.87. The highest BCUT2D eigenvalue weighted by molar-refractivity contribution is 5.91. The van der Waals surface area contributed by atoms with Gasteiger partial charge in [-0.15, -0.1) is 0 Å². The first-order valence-corrected chi connectivity index (χ1v) is 7.87. The monoisotopic (exact) mass is 330 g/mol. The molecule has 0 fully saturated rings. The third kappa shape index (κ3) is 4.84. The average Bonchev–Trinajstić information content (AvgIpc) is 3.01. The molecular formula is C17H22N4O3. The molecule has 2 aromatic rings. The number of carbonyl (C=O) groups excluding carboxylic acids is 2. The van der Waals surface area contributed by atoms with E-state index in [2.05, 4.69) is 22.7 Å². The Labute approximate surface area is 141 Å². The van der Waals surface area contributed by atoms with Crippen LogP contribution in [0, 0.1) is 0 Å². The van der Waals surface area contributed by atoms with E-state index < -0.39 is 0 Å². The van der Waals surface area contributed by atoms with Gasteiger partial charge in [-0.05, 0) is 18.1 Å². The molecule has 7 nitrogen and oxygen atoms in total. The van der Waals surface area contributed by atoms with Crippen molar-refractivity contribution in [3.63, 3.8) is 0 Å². The van der Waals surface area contributed by atoms with Crippen molar-refractivity contribution in [2.75, 3.05) is 19.0 Å². The molecule has 2 rings (SSSR count). The van der Waals surface area contributed by atoms with E-state index in [-0.39, 0.29) is 12.0 Å². The molecule has 1 aromatic heterocycles. The van der Waals surface area contributed by atoms with Crippen LogP contribution in [-0.4, -0.2) is 35.4 Å². The van der Waals surface area contributed by atoms with Crippen molar-refractivity contribution in [3.8, 4) is 0 Å². The van der Waals surface area contributed by atoms with E-state index in [9.17, 15) is 9.59 Å². The number of aromatic nitrogens is 2. The lowest BCUT2D eigenvalue weighted by atomic mass is 10.1. The van der Waals surface area contributed by atoms with Gasteiger partial charge in [-0.1, -0.05) is 31.5 Å². The van der Waals surface area contributed by atoms with Gasteiger partial charge in [0.1, 0.15) is 0 Å². The Balaban J connectivity index is 1.99. The second-order valence-electron chi connectivity index (χ2n) is 5.31. The highest BCUT2D eigenvalue weighted by Gasteiger charge is 2.12. The van der Waals surface area contributed by atoms with Crippen LogP contribution in [-0.2, 0) is 11.3 Å². The molecular weight excluding hydrogens is 308 g/mol. The smallest absolute Gasteiger partial charge is 0.338 e. The largest absolute Gasteiger partial charge is 0.465 e. The maximum absolute atomic E-state index is 11.8. The van der Waals surface area contributed by atoms with Crippen molar-refractivity contribution >= 4 is 17.7 Å². The summed E-state index contributed by atoms with van der Waals surface area (Å²) in [5.74, 6) is -0.383. The van der Waals surface area contributed by atoms with E-state index in [1.165, 1.54) is 7.11 Å². The Kier molecular flexibility index (Phi) is 6.36. The maximum Gasteiger partial charge on any atom is 0.338 e. The van der Waals surface area contributed by atoms with Crippen LogP contribution < -0.4 is 10.6 Å². The lowest BCUT2D eigenvalue weighted by Gasteiger charge is -2.07. The number of methoxy groups -OCH3 is 1. The second-order valence-corrected chi connectivity index (χ2v) is 5.31. The molecule has 0 bridgehead atoms. The zero-order valence-corrected chi connectivity index (χ0v) is 13.9. The fourth-order valence-corrected chi connectivity index (χ4v) is 2.21. The minimum atomic E-state index is -0.383. The quantitative estimate of drug-likeness (QED) is 0.604. The van der Waals surface area contributed by atoms with Crippen molar-refractivity contribution in [1.29, 1.82) is 0 Å². The van der Waals surface area contributed by atoms with Crippen LogP contribution in [0.25, 0.3) is 0 Å². The van der Waals surface area contributed by atoms with Gasteiger partial charge in [-0.3, -0.25) is 4.68 Å². The van der Waals surface area contributed by atoms with E-state index in [1.54, 1.807) is 29.2 Å². The Bertz CT molecular complexity index is 697. The van der Waals surface area contributed by atoms with Crippen molar-refractivity contribution in [2.45, 2.75) is 26.3 Å². The van der Waals surface area contributed by atoms with Gasteiger partial charge < -0.3 is 15.4 Å². The summed E-state index contributed by atoms with van der Waals surface area (Å²) in [4.78, 5) is 23.5. The summed E-state index contributed by atoms with van der Waals surface area (Å²) in [6.45, 7) is 3.11. The van der Waals surface area contributed by atoms with Crippen LogP contribution in [0.1, 0.15) is 35.7 Å². The Morgan fingerprint density at radius 1 is 1.29 bits per heavy atom. The molecule has 7 heteroatoms. The second kappa shape index (κ2) is 8.71. The zero-order chi connectivity index (χ0) is 17.4. The highest BCUT2D eigenvalue weighted by atomic mass is 16.5. The van der Waals surface area contributed by atoms with Crippen LogP contribution >= 0.6 is 0 Å². The third-order valence-corrected chi connectivity index (χ3v) is 3.46. The minimum absolute atomic E-state index is 0.252. The Morgan fingerprint density at radius 3 is 2.83 bits per heavy atom. The topological polar surface area (TPSA) is 85.3 Å². The molecule has 0 aliphatic rings. The van der Waals surface area contributed by atoms with Gasteiger partial charge in [0.05, 0.1) is 31.1 Å². The van der Waals surface area contributed by atoms with Gasteiger partial charge >= 0.3 is 12.0 Å². The molecule has 0 unspecified atom stereocenters. The number of carbonyl (C=O) groups is 2. The number of amides is 2. The number of urea groups is 1. The number of hydrogen-bond acceptors (Lipinski definition) is 4. The standard InChI is InChI=1S/C17H22N4O3/c1-3-4-9-18-17(23)20-14-10-19-21(12-14)11-13-7-5-6-8-15(13)16(22)24-2/h5-8,10,12H,3-4,9,11H2,1-2H3,(H2,18,20,23). The number of nitrogens with zero attached hydrogens (tertiary/aromatic N) is 2. The maximum atomic E-state index is 11.8. The molecule has 0 atom stereocenters. The molecule has 2 N–H and O–H groups in total. The minimum Gasteiger partial charge on any atom is -0.465 e. The Hall–Kier alpha value is -2.83.